The third kappa shape index (κ3) is 2.91. The van der Waals surface area contributed by atoms with Crippen molar-refractivity contribution in [1.29, 1.82) is 0 Å². The smallest absolute Gasteiger partial charge is 0.417 e. The van der Waals surface area contributed by atoms with Crippen LogP contribution in [0.25, 0.3) is 0 Å². The summed E-state index contributed by atoms with van der Waals surface area (Å²) >= 11 is 0. The van der Waals surface area contributed by atoms with Crippen LogP contribution in [0.4, 0.5) is 23.2 Å². The molecule has 1 aromatic carbocycles. The molecule has 0 aliphatic carbocycles. The molecule has 0 saturated heterocycles. The van der Waals surface area contributed by atoms with Gasteiger partial charge in [-0.05, 0) is 18.6 Å². The number of anilines is 1. The molecule has 0 unspecified atom stereocenters. The summed E-state index contributed by atoms with van der Waals surface area (Å²) in [5.41, 5.74) is 2.04. The number of nitrogen functional groups attached to an aromatic ring is 1. The van der Waals surface area contributed by atoms with Crippen molar-refractivity contribution in [2.75, 3.05) is 12.3 Å². The molecule has 1 rings (SSSR count). The maximum Gasteiger partial charge on any atom is 0.417 e. The number of rotatable bonds is 3. The molecule has 7 heteroatoms. The third-order valence-corrected chi connectivity index (χ3v) is 2.14. The third-order valence-electron chi connectivity index (χ3n) is 2.14. The van der Waals surface area contributed by atoms with E-state index in [1.54, 1.807) is 6.92 Å². The average molecular weight is 265 g/mol. The maximum absolute atomic E-state index is 13.1. The molecular weight excluding hydrogens is 254 g/mol. The first-order valence-electron chi connectivity index (χ1n) is 5.11. The molecule has 0 amide bonds. The second kappa shape index (κ2) is 5.24. The molecule has 0 aromatic heterocycles. The number of hydrogen-bond donors (Lipinski definition) is 1. The number of esters is 1. The zero-order valence-electron chi connectivity index (χ0n) is 9.47. The van der Waals surface area contributed by atoms with Gasteiger partial charge in [-0.25, -0.2) is 9.18 Å². The molecule has 0 aliphatic rings. The molecule has 0 saturated carbocycles. The summed E-state index contributed by atoms with van der Waals surface area (Å²) < 4.78 is 55.7. The summed E-state index contributed by atoms with van der Waals surface area (Å²) in [4.78, 5) is 11.5. The number of alkyl halides is 3. The van der Waals surface area contributed by atoms with E-state index in [4.69, 9.17) is 5.73 Å². The van der Waals surface area contributed by atoms with Crippen LogP contribution in [-0.2, 0) is 10.9 Å². The molecule has 100 valence electrons. The number of carbonyl (C=O) groups excluding carboxylic acids is 1. The van der Waals surface area contributed by atoms with Gasteiger partial charge in [0, 0.05) is 0 Å². The Labute approximate surface area is 101 Å². The van der Waals surface area contributed by atoms with Crippen LogP contribution in [0.5, 0.6) is 0 Å². The van der Waals surface area contributed by atoms with Crippen LogP contribution in [0.2, 0.25) is 0 Å². The quantitative estimate of drug-likeness (QED) is 0.519. The highest BCUT2D eigenvalue weighted by molar-refractivity contribution is 5.97. The topological polar surface area (TPSA) is 52.3 Å². The van der Waals surface area contributed by atoms with Gasteiger partial charge in [-0.2, -0.15) is 13.2 Å². The summed E-state index contributed by atoms with van der Waals surface area (Å²) in [6, 6.07) is 1.03. The van der Waals surface area contributed by atoms with Crippen LogP contribution >= 0.6 is 0 Å². The predicted molar refractivity (Wildman–Crippen MR) is 56.4 cm³/mol. The molecule has 0 heterocycles. The Hall–Kier alpha value is -1.79. The lowest BCUT2D eigenvalue weighted by molar-refractivity contribution is -0.138. The van der Waals surface area contributed by atoms with E-state index in [1.807, 2.05) is 0 Å². The minimum atomic E-state index is -4.80. The van der Waals surface area contributed by atoms with Crippen molar-refractivity contribution in [2.45, 2.75) is 19.5 Å². The van der Waals surface area contributed by atoms with Gasteiger partial charge in [0.1, 0.15) is 5.82 Å². The van der Waals surface area contributed by atoms with Crippen LogP contribution in [0.3, 0.4) is 0 Å². The first-order valence-corrected chi connectivity index (χ1v) is 5.11. The highest BCUT2D eigenvalue weighted by atomic mass is 19.4. The molecule has 0 fully saturated rings. The van der Waals surface area contributed by atoms with E-state index >= 15 is 0 Å². The normalized spacial score (nSPS) is 11.4. The molecule has 18 heavy (non-hydrogen) atoms. The number of benzene rings is 1. The largest absolute Gasteiger partial charge is 0.462 e. The lowest BCUT2D eigenvalue weighted by Crippen LogP contribution is -2.18. The number of carbonyl (C=O) groups is 1. The standard InChI is InChI=1S/C11H11F4NO2/c1-2-5-18-10(17)8-6(11(13,14)15)3-4-7(12)9(8)16/h3-4H,2,5,16H2,1H3. The van der Waals surface area contributed by atoms with Crippen molar-refractivity contribution in [3.63, 3.8) is 0 Å². The number of halogens is 4. The van der Waals surface area contributed by atoms with Crippen LogP contribution in [0.15, 0.2) is 12.1 Å². The highest BCUT2D eigenvalue weighted by Gasteiger charge is 2.37. The molecular formula is C11H11F4NO2. The highest BCUT2D eigenvalue weighted by Crippen LogP contribution is 2.35. The fraction of sp³-hybridized carbons (Fsp3) is 0.364. The minimum absolute atomic E-state index is 0.0634. The Morgan fingerprint density at radius 1 is 1.39 bits per heavy atom. The van der Waals surface area contributed by atoms with Crippen LogP contribution in [0, 0.1) is 5.82 Å². The number of hydrogen-bond acceptors (Lipinski definition) is 3. The van der Waals surface area contributed by atoms with Crippen molar-refractivity contribution >= 4 is 11.7 Å². The van der Waals surface area contributed by atoms with E-state index in [9.17, 15) is 22.4 Å². The number of ether oxygens (including phenoxy) is 1. The fourth-order valence-electron chi connectivity index (χ4n) is 1.32. The van der Waals surface area contributed by atoms with Crippen molar-refractivity contribution in [2.24, 2.45) is 0 Å². The molecule has 0 atom stereocenters. The fourth-order valence-corrected chi connectivity index (χ4v) is 1.32. The second-order valence-corrected chi connectivity index (χ2v) is 3.52. The van der Waals surface area contributed by atoms with Crippen molar-refractivity contribution in [3.05, 3.63) is 29.1 Å². The number of nitrogens with two attached hydrogens (primary N) is 1. The van der Waals surface area contributed by atoms with Crippen molar-refractivity contribution < 1.29 is 27.1 Å². The van der Waals surface area contributed by atoms with Crippen LogP contribution in [0.1, 0.15) is 29.3 Å². The molecule has 0 aliphatic heterocycles. The van der Waals surface area contributed by atoms with Gasteiger partial charge in [0.2, 0.25) is 0 Å². The maximum atomic E-state index is 13.1. The van der Waals surface area contributed by atoms with E-state index in [2.05, 4.69) is 4.74 Å². The first kappa shape index (κ1) is 14.3. The molecule has 0 radical (unpaired) electrons. The Morgan fingerprint density at radius 2 is 2.00 bits per heavy atom. The first-order chi connectivity index (χ1) is 8.29. The molecule has 0 spiro atoms. The summed E-state index contributed by atoms with van der Waals surface area (Å²) in [6.07, 6.45) is -4.37. The van der Waals surface area contributed by atoms with Gasteiger partial charge in [-0.1, -0.05) is 6.92 Å². The van der Waals surface area contributed by atoms with Crippen LogP contribution in [-0.4, -0.2) is 12.6 Å². The van der Waals surface area contributed by atoms with Gasteiger partial charge in [-0.3, -0.25) is 0 Å². The van der Waals surface area contributed by atoms with E-state index < -0.39 is 34.8 Å². The van der Waals surface area contributed by atoms with Gasteiger partial charge in [0.15, 0.2) is 0 Å². The lowest BCUT2D eigenvalue weighted by atomic mass is 10.0. The second-order valence-electron chi connectivity index (χ2n) is 3.52. The molecule has 2 N–H and O–H groups in total. The average Bonchev–Trinajstić information content (AvgIpc) is 2.27. The summed E-state index contributed by atoms with van der Waals surface area (Å²) in [5.74, 6) is -2.37. The van der Waals surface area contributed by atoms with Crippen molar-refractivity contribution in [3.8, 4) is 0 Å². The molecule has 1 aromatic rings. The van der Waals surface area contributed by atoms with Crippen molar-refractivity contribution in [1.82, 2.24) is 0 Å². The van der Waals surface area contributed by atoms with E-state index in [0.29, 0.717) is 18.6 Å². The predicted octanol–water partition coefficient (Wildman–Crippen LogP) is 2.99. The van der Waals surface area contributed by atoms with Gasteiger partial charge in [0.05, 0.1) is 23.4 Å². The van der Waals surface area contributed by atoms with E-state index in [1.165, 1.54) is 0 Å². The Bertz CT molecular complexity index is 457. The summed E-state index contributed by atoms with van der Waals surface area (Å²) in [6.45, 7) is 1.61. The van der Waals surface area contributed by atoms with E-state index in [0.717, 1.165) is 0 Å². The minimum Gasteiger partial charge on any atom is -0.462 e. The van der Waals surface area contributed by atoms with Crippen LogP contribution < -0.4 is 5.73 Å². The Balaban J connectivity index is 3.30. The lowest BCUT2D eigenvalue weighted by Gasteiger charge is -2.14. The molecule has 3 nitrogen and oxygen atoms in total. The monoisotopic (exact) mass is 265 g/mol. The van der Waals surface area contributed by atoms with Gasteiger partial charge < -0.3 is 10.5 Å². The Kier molecular flexibility index (Phi) is 4.15. The SMILES string of the molecule is CCCOC(=O)c1c(C(F)(F)F)ccc(F)c1N. The summed E-state index contributed by atoms with van der Waals surface area (Å²) in [5, 5.41) is 0. The Morgan fingerprint density at radius 3 is 2.50 bits per heavy atom. The molecule has 0 bridgehead atoms. The van der Waals surface area contributed by atoms with E-state index in [-0.39, 0.29) is 6.61 Å². The zero-order valence-corrected chi connectivity index (χ0v) is 9.47. The van der Waals surface area contributed by atoms with Gasteiger partial charge >= 0.3 is 12.1 Å². The van der Waals surface area contributed by atoms with Gasteiger partial charge in [0.25, 0.3) is 0 Å². The summed E-state index contributed by atoms with van der Waals surface area (Å²) in [7, 11) is 0. The zero-order chi connectivity index (χ0) is 13.9. The van der Waals surface area contributed by atoms with Gasteiger partial charge in [-0.15, -0.1) is 0 Å².